The molecule has 0 saturated heterocycles. The van der Waals surface area contributed by atoms with E-state index in [4.69, 9.17) is 0 Å². The first-order chi connectivity index (χ1) is 12.6. The first kappa shape index (κ1) is 18.5. The summed E-state index contributed by atoms with van der Waals surface area (Å²) in [5.74, 6) is 2.36. The zero-order valence-corrected chi connectivity index (χ0v) is 16.9. The van der Waals surface area contributed by atoms with Gasteiger partial charge in [0.25, 0.3) is 0 Å². The lowest BCUT2D eigenvalue weighted by Crippen LogP contribution is -2.25. The number of rotatable bonds is 6. The summed E-state index contributed by atoms with van der Waals surface area (Å²) in [4.78, 5) is 4.67. The van der Waals surface area contributed by atoms with Gasteiger partial charge >= 0.3 is 14.4 Å². The topological polar surface area (TPSA) is 24.4 Å². The van der Waals surface area contributed by atoms with Crippen LogP contribution >= 0.6 is 0 Å². The highest BCUT2D eigenvalue weighted by Gasteiger charge is 2.15. The number of hydrogen-bond donors (Lipinski definition) is 1. The molecule has 3 aromatic carbocycles. The molecule has 0 unspecified atom stereocenters. The summed E-state index contributed by atoms with van der Waals surface area (Å²) in [5.41, 5.74) is 7.38. The fraction of sp³-hybridized carbons (Fsp3) is 0.174. The fourth-order valence-electron chi connectivity index (χ4n) is 3.08. The number of aryl methyl sites for hydroxylation is 2. The molecule has 0 amide bonds. The predicted octanol–water partition coefficient (Wildman–Crippen LogP) is 5.87. The lowest BCUT2D eigenvalue weighted by Gasteiger charge is -2.14. The van der Waals surface area contributed by atoms with Gasteiger partial charge in [0.05, 0.1) is 5.69 Å². The van der Waals surface area contributed by atoms with E-state index in [9.17, 15) is 0 Å². The van der Waals surface area contributed by atoms with Gasteiger partial charge in [-0.2, -0.15) is 0 Å². The molecule has 0 aliphatic rings. The summed E-state index contributed by atoms with van der Waals surface area (Å²) >= 11 is -1.13. The van der Waals surface area contributed by atoms with E-state index < -0.39 is 14.4 Å². The lowest BCUT2D eigenvalue weighted by molar-refractivity contribution is 1.32. The van der Waals surface area contributed by atoms with E-state index in [-0.39, 0.29) is 0 Å². The summed E-state index contributed by atoms with van der Waals surface area (Å²) in [6, 6.07) is 25.4. The summed E-state index contributed by atoms with van der Waals surface area (Å²) < 4.78 is 3.76. The average molecular weight is 356 g/mol. The Morgan fingerprint density at radius 3 is 2.50 bits per heavy atom. The zero-order valence-electron chi connectivity index (χ0n) is 15.7. The highest BCUT2D eigenvalue weighted by Crippen LogP contribution is 2.17. The summed E-state index contributed by atoms with van der Waals surface area (Å²) in [7, 11) is 0. The Labute approximate surface area is 161 Å². The number of hydrogen-bond acceptors (Lipinski definition) is 2. The minimum Gasteiger partial charge on any atom is -0.476 e. The smallest absolute Gasteiger partial charge is 0.412 e. The van der Waals surface area contributed by atoms with Gasteiger partial charge in [-0.3, -0.25) is 4.99 Å². The second-order valence-corrected chi connectivity index (χ2v) is 9.36. The second-order valence-electron chi connectivity index (χ2n) is 6.86. The van der Waals surface area contributed by atoms with Crippen LogP contribution in [0.3, 0.4) is 0 Å². The first-order valence-electron chi connectivity index (χ1n) is 9.12. The van der Waals surface area contributed by atoms with Crippen molar-refractivity contribution >= 4 is 32.0 Å². The molecule has 0 radical (unpaired) electrons. The van der Waals surface area contributed by atoms with Gasteiger partial charge in [0.1, 0.15) is 0 Å². The molecule has 0 fully saturated rings. The largest absolute Gasteiger partial charge is 0.476 e. The van der Waals surface area contributed by atoms with E-state index in [0.717, 1.165) is 11.0 Å². The van der Waals surface area contributed by atoms with Crippen molar-refractivity contribution in [2.24, 2.45) is 4.99 Å². The van der Waals surface area contributed by atoms with Crippen molar-refractivity contribution in [1.29, 1.82) is 0 Å². The molecule has 0 aromatic heterocycles. The molecule has 26 heavy (non-hydrogen) atoms. The first-order valence-corrected chi connectivity index (χ1v) is 11.7. The normalized spacial score (nSPS) is 10.9. The van der Waals surface area contributed by atoms with E-state index in [0.29, 0.717) is 0 Å². The number of aliphatic imine (C=N–C) groups is 1. The highest BCUT2D eigenvalue weighted by atomic mass is 27.2. The highest BCUT2D eigenvalue weighted by molar-refractivity contribution is 6.60. The Morgan fingerprint density at radius 2 is 1.69 bits per heavy atom. The Balaban J connectivity index is 1.73. The summed E-state index contributed by atoms with van der Waals surface area (Å²) in [6.07, 6.45) is 2.00. The fourth-order valence-corrected chi connectivity index (χ4v) is 5.07. The average Bonchev–Trinajstić information content (AvgIpc) is 2.63. The van der Waals surface area contributed by atoms with E-state index >= 15 is 0 Å². The van der Waals surface area contributed by atoms with Crippen LogP contribution in [0.25, 0.3) is 0 Å². The van der Waals surface area contributed by atoms with Crippen LogP contribution in [-0.2, 0) is 5.28 Å². The van der Waals surface area contributed by atoms with Crippen LogP contribution in [0.2, 0.25) is 5.79 Å². The van der Waals surface area contributed by atoms with E-state index in [1.807, 2.05) is 12.3 Å². The van der Waals surface area contributed by atoms with Crippen LogP contribution in [0.5, 0.6) is 0 Å². The van der Waals surface area contributed by atoms with Crippen molar-refractivity contribution in [1.82, 2.24) is 0 Å². The Kier molecular flexibility index (Phi) is 6.28. The van der Waals surface area contributed by atoms with Gasteiger partial charge in [-0.15, -0.1) is 0 Å². The Hall–Kier alpha value is -2.34. The van der Waals surface area contributed by atoms with Crippen molar-refractivity contribution in [2.75, 3.05) is 4.30 Å². The van der Waals surface area contributed by atoms with Gasteiger partial charge < -0.3 is 4.30 Å². The molecule has 1 N–H and O–H groups in total. The van der Waals surface area contributed by atoms with Gasteiger partial charge in [0.15, 0.2) is 0 Å². The third kappa shape index (κ3) is 5.08. The van der Waals surface area contributed by atoms with Gasteiger partial charge in [0.2, 0.25) is 0 Å². The number of para-hydroxylation sites is 1. The molecule has 2 nitrogen and oxygen atoms in total. The molecule has 0 aliphatic carbocycles. The molecule has 0 aliphatic heterocycles. The number of nitrogens with zero attached hydrogens (tertiary/aromatic N) is 1. The van der Waals surface area contributed by atoms with Crippen molar-refractivity contribution in [3.63, 3.8) is 0 Å². The predicted molar refractivity (Wildman–Crippen MR) is 115 cm³/mol. The van der Waals surface area contributed by atoms with Crippen molar-refractivity contribution in [2.45, 2.75) is 24.9 Å². The lowest BCUT2D eigenvalue weighted by atomic mass is 10.1. The second kappa shape index (κ2) is 8.85. The maximum atomic E-state index is 4.67. The van der Waals surface area contributed by atoms with E-state index in [2.05, 4.69) is 95.7 Å². The third-order valence-corrected chi connectivity index (χ3v) is 6.34. The maximum absolute atomic E-state index is 4.67. The Morgan fingerprint density at radius 1 is 0.923 bits per heavy atom. The van der Waals surface area contributed by atoms with Crippen LogP contribution in [0.1, 0.15) is 22.3 Å². The monoisotopic (exact) mass is 356 g/mol. The van der Waals surface area contributed by atoms with Crippen LogP contribution in [-0.4, -0.2) is 20.6 Å². The van der Waals surface area contributed by atoms with Gasteiger partial charge in [-0.05, 0) is 54.0 Å². The number of benzene rings is 3. The van der Waals surface area contributed by atoms with E-state index in [1.165, 1.54) is 27.9 Å². The number of anilines is 1. The SMILES string of the molecule is Cc1cccc(N=Cc2ccccc2[CH2][Al]([CH3])[NH]c2ccccc2C)c1. The third-order valence-electron chi connectivity index (χ3n) is 4.48. The number of nitrogens with one attached hydrogen (secondary N) is 1. The van der Waals surface area contributed by atoms with Crippen LogP contribution in [0.4, 0.5) is 11.4 Å². The molecule has 0 bridgehead atoms. The van der Waals surface area contributed by atoms with Gasteiger partial charge in [-0.25, -0.2) is 0 Å². The van der Waals surface area contributed by atoms with Crippen LogP contribution in [0.15, 0.2) is 77.8 Å². The zero-order chi connectivity index (χ0) is 18.4. The molecular weight excluding hydrogens is 331 g/mol. The molecule has 3 heteroatoms. The summed E-state index contributed by atoms with van der Waals surface area (Å²) in [5, 5.41) is 1.09. The minimum absolute atomic E-state index is 1.00. The molecule has 3 rings (SSSR count). The van der Waals surface area contributed by atoms with Crippen molar-refractivity contribution in [3.05, 3.63) is 95.1 Å². The molecule has 0 spiro atoms. The van der Waals surface area contributed by atoms with Gasteiger partial charge in [-0.1, -0.05) is 65.9 Å². The molecular formula is C23H25AlN2. The van der Waals surface area contributed by atoms with E-state index in [1.54, 1.807) is 0 Å². The molecule has 3 aromatic rings. The standard InChI is InChI=1S/C15H14N.C7H8N.CH3.Al/c1-12-6-5-9-15(10-12)16-11-14-8-4-3-7-13(14)2;1-6-4-2-3-5-7(6)8;;/h3-11H,2H2,1H3;2-5,8H,1H3;1H3;/q;-1;;+1. The van der Waals surface area contributed by atoms with Crippen molar-refractivity contribution < 1.29 is 0 Å². The van der Waals surface area contributed by atoms with Crippen LogP contribution < -0.4 is 4.30 Å². The minimum atomic E-state index is -1.13. The van der Waals surface area contributed by atoms with Crippen LogP contribution in [0, 0.1) is 13.8 Å². The molecule has 0 atom stereocenters. The maximum Gasteiger partial charge on any atom is 0.412 e. The Bertz CT molecular complexity index is 902. The summed E-state index contributed by atoms with van der Waals surface area (Å²) in [6.45, 7) is 4.25. The molecule has 0 heterocycles. The quantitative estimate of drug-likeness (QED) is 0.433. The van der Waals surface area contributed by atoms with Gasteiger partial charge in [0, 0.05) is 11.9 Å². The van der Waals surface area contributed by atoms with Crippen molar-refractivity contribution in [3.8, 4) is 0 Å². The molecule has 130 valence electrons. The molecule has 0 saturated carbocycles.